The van der Waals surface area contributed by atoms with Crippen molar-refractivity contribution in [1.29, 1.82) is 0 Å². The summed E-state index contributed by atoms with van der Waals surface area (Å²) in [4.78, 5) is 42.9. The molecule has 2 fully saturated rings. The van der Waals surface area contributed by atoms with Gasteiger partial charge in [0, 0.05) is 58.8 Å². The van der Waals surface area contributed by atoms with Gasteiger partial charge in [-0.25, -0.2) is 4.79 Å². The van der Waals surface area contributed by atoms with Gasteiger partial charge in [-0.15, -0.1) is 0 Å². The lowest BCUT2D eigenvalue weighted by Crippen LogP contribution is -2.50. The minimum Gasteiger partial charge on any atom is -0.342 e. The van der Waals surface area contributed by atoms with Crippen LogP contribution in [0, 0.1) is 0 Å². The summed E-state index contributed by atoms with van der Waals surface area (Å²) in [6.45, 7) is 6.62. The quantitative estimate of drug-likeness (QED) is 0.685. The van der Waals surface area contributed by atoms with Crippen LogP contribution in [0.1, 0.15) is 37.7 Å². The van der Waals surface area contributed by atoms with E-state index in [0.717, 1.165) is 57.7 Å². The Labute approximate surface area is 184 Å². The Balaban J connectivity index is 1.27. The molecule has 8 heteroatoms. The number of urea groups is 1. The molecule has 2 aliphatic rings. The molecule has 0 spiro atoms. The lowest BCUT2D eigenvalue weighted by Gasteiger charge is -2.35. The van der Waals surface area contributed by atoms with Gasteiger partial charge in [-0.1, -0.05) is 43.2 Å². The monoisotopic (exact) mass is 429 g/mol. The number of rotatable bonds is 7. The molecule has 170 valence electrons. The van der Waals surface area contributed by atoms with Crippen molar-refractivity contribution in [3.05, 3.63) is 35.9 Å². The second-order valence-electron chi connectivity index (χ2n) is 8.38. The van der Waals surface area contributed by atoms with E-state index in [2.05, 4.69) is 20.4 Å². The van der Waals surface area contributed by atoms with E-state index in [0.29, 0.717) is 19.6 Å². The van der Waals surface area contributed by atoms with E-state index >= 15 is 0 Å². The molecule has 0 unspecified atom stereocenters. The van der Waals surface area contributed by atoms with Gasteiger partial charge in [0.2, 0.25) is 11.8 Å². The number of likely N-dealkylation sites (tertiary alicyclic amines) is 1. The summed E-state index contributed by atoms with van der Waals surface area (Å²) in [7, 11) is 0. The fourth-order valence-electron chi connectivity index (χ4n) is 4.05. The lowest BCUT2D eigenvalue weighted by molar-refractivity contribution is -0.132. The molecule has 1 aromatic carbocycles. The van der Waals surface area contributed by atoms with Gasteiger partial charge in [-0.05, 0) is 18.4 Å². The van der Waals surface area contributed by atoms with Gasteiger partial charge in [0.05, 0.1) is 6.54 Å². The summed E-state index contributed by atoms with van der Waals surface area (Å²) in [5.74, 6) is -0.0272. The van der Waals surface area contributed by atoms with Crippen LogP contribution in [0.4, 0.5) is 4.79 Å². The Kier molecular flexibility index (Phi) is 9.30. The molecule has 0 atom stereocenters. The third-order valence-electron chi connectivity index (χ3n) is 5.99. The van der Waals surface area contributed by atoms with Gasteiger partial charge in [-0.2, -0.15) is 0 Å². The highest BCUT2D eigenvalue weighted by molar-refractivity contribution is 5.94. The van der Waals surface area contributed by atoms with E-state index in [1.54, 1.807) is 0 Å². The predicted molar refractivity (Wildman–Crippen MR) is 119 cm³/mol. The van der Waals surface area contributed by atoms with Crippen LogP contribution in [0.3, 0.4) is 0 Å². The topological polar surface area (TPSA) is 85.0 Å². The van der Waals surface area contributed by atoms with Crippen molar-refractivity contribution in [2.75, 3.05) is 52.4 Å². The Bertz CT molecular complexity index is 711. The third-order valence-corrected chi connectivity index (χ3v) is 5.99. The van der Waals surface area contributed by atoms with E-state index in [-0.39, 0.29) is 18.2 Å². The van der Waals surface area contributed by atoms with E-state index in [1.165, 1.54) is 12.8 Å². The standard InChI is InChI=1S/C23H35N5O3/c29-21(25-23(31)24-18-20-8-4-3-5-9-20)10-13-26-14-16-27(17-15-26)19-22(30)28-11-6-1-2-7-12-28/h3-5,8-9H,1-2,6-7,10-19H2,(H2,24,25,29,31). The molecule has 2 aliphatic heterocycles. The Morgan fingerprint density at radius 2 is 1.45 bits per heavy atom. The summed E-state index contributed by atoms with van der Waals surface area (Å²) in [5, 5.41) is 5.09. The zero-order valence-electron chi connectivity index (χ0n) is 18.4. The first kappa shape index (κ1) is 23.2. The number of hydrogen-bond acceptors (Lipinski definition) is 5. The van der Waals surface area contributed by atoms with Gasteiger partial charge in [0.25, 0.3) is 0 Å². The highest BCUT2D eigenvalue weighted by Gasteiger charge is 2.22. The zero-order valence-corrected chi connectivity index (χ0v) is 18.4. The first-order chi connectivity index (χ1) is 15.1. The molecule has 2 heterocycles. The van der Waals surface area contributed by atoms with Crippen LogP contribution in [0.5, 0.6) is 0 Å². The van der Waals surface area contributed by atoms with Crippen LogP contribution in [-0.4, -0.2) is 84.9 Å². The third kappa shape index (κ3) is 8.30. The number of imide groups is 1. The minimum atomic E-state index is -0.467. The molecule has 0 bridgehead atoms. The number of benzene rings is 1. The first-order valence-corrected chi connectivity index (χ1v) is 11.4. The van der Waals surface area contributed by atoms with Gasteiger partial charge >= 0.3 is 6.03 Å². The highest BCUT2D eigenvalue weighted by Crippen LogP contribution is 2.11. The number of piperazine rings is 1. The maximum absolute atomic E-state index is 12.5. The van der Waals surface area contributed by atoms with E-state index < -0.39 is 6.03 Å². The maximum Gasteiger partial charge on any atom is 0.321 e. The van der Waals surface area contributed by atoms with Crippen LogP contribution in [-0.2, 0) is 16.1 Å². The molecular weight excluding hydrogens is 394 g/mol. The van der Waals surface area contributed by atoms with Crippen LogP contribution >= 0.6 is 0 Å². The van der Waals surface area contributed by atoms with E-state index in [1.807, 2.05) is 35.2 Å². The van der Waals surface area contributed by atoms with Crippen LogP contribution in [0.2, 0.25) is 0 Å². The molecular formula is C23H35N5O3. The molecule has 2 saturated heterocycles. The minimum absolute atomic E-state index is 0.247. The number of nitrogens with zero attached hydrogens (tertiary/aromatic N) is 3. The zero-order chi connectivity index (χ0) is 21.9. The number of nitrogens with one attached hydrogen (secondary N) is 2. The smallest absolute Gasteiger partial charge is 0.321 e. The van der Waals surface area contributed by atoms with Crippen LogP contribution in [0.25, 0.3) is 0 Å². The van der Waals surface area contributed by atoms with E-state index in [4.69, 9.17) is 0 Å². The normalized spacial score (nSPS) is 18.3. The van der Waals surface area contributed by atoms with Gasteiger partial charge < -0.3 is 15.1 Å². The molecule has 0 aromatic heterocycles. The molecule has 1 aromatic rings. The number of carbonyl (C=O) groups excluding carboxylic acids is 3. The fraction of sp³-hybridized carbons (Fsp3) is 0.609. The van der Waals surface area contributed by atoms with E-state index in [9.17, 15) is 14.4 Å². The van der Waals surface area contributed by atoms with Crippen molar-refractivity contribution in [2.45, 2.75) is 38.6 Å². The van der Waals surface area contributed by atoms with Crippen molar-refractivity contribution < 1.29 is 14.4 Å². The Morgan fingerprint density at radius 3 is 2.13 bits per heavy atom. The molecule has 3 rings (SSSR count). The summed E-state index contributed by atoms with van der Waals surface area (Å²) >= 11 is 0. The summed E-state index contributed by atoms with van der Waals surface area (Å²) in [6.07, 6.45) is 4.97. The van der Waals surface area contributed by atoms with Gasteiger partial charge in [0.15, 0.2) is 0 Å². The summed E-state index contributed by atoms with van der Waals surface area (Å²) in [6, 6.07) is 9.10. The molecule has 0 aliphatic carbocycles. The Morgan fingerprint density at radius 1 is 0.806 bits per heavy atom. The predicted octanol–water partition coefficient (Wildman–Crippen LogP) is 1.42. The number of hydrogen-bond donors (Lipinski definition) is 2. The summed E-state index contributed by atoms with van der Waals surface area (Å²) < 4.78 is 0. The van der Waals surface area contributed by atoms with Crippen molar-refractivity contribution in [2.24, 2.45) is 0 Å². The van der Waals surface area contributed by atoms with Crippen molar-refractivity contribution >= 4 is 17.8 Å². The number of amides is 4. The fourth-order valence-corrected chi connectivity index (χ4v) is 4.05. The molecule has 4 amide bonds. The second kappa shape index (κ2) is 12.4. The van der Waals surface area contributed by atoms with Crippen molar-refractivity contribution in [1.82, 2.24) is 25.3 Å². The maximum atomic E-state index is 12.5. The van der Waals surface area contributed by atoms with Crippen molar-refractivity contribution in [3.63, 3.8) is 0 Å². The SMILES string of the molecule is O=C(CCN1CCN(CC(=O)N2CCCCCC2)CC1)NC(=O)NCc1ccccc1. The number of carbonyl (C=O) groups is 3. The molecule has 31 heavy (non-hydrogen) atoms. The average Bonchev–Trinajstić information content (AvgIpc) is 3.08. The molecule has 2 N–H and O–H groups in total. The van der Waals surface area contributed by atoms with Gasteiger partial charge in [-0.3, -0.25) is 19.8 Å². The summed E-state index contributed by atoms with van der Waals surface area (Å²) in [5.41, 5.74) is 0.984. The highest BCUT2D eigenvalue weighted by atomic mass is 16.2. The lowest BCUT2D eigenvalue weighted by atomic mass is 10.2. The molecule has 8 nitrogen and oxygen atoms in total. The first-order valence-electron chi connectivity index (χ1n) is 11.4. The van der Waals surface area contributed by atoms with Crippen LogP contribution in [0.15, 0.2) is 30.3 Å². The average molecular weight is 430 g/mol. The molecule has 0 saturated carbocycles. The largest absolute Gasteiger partial charge is 0.342 e. The van der Waals surface area contributed by atoms with Crippen molar-refractivity contribution in [3.8, 4) is 0 Å². The Hall–Kier alpha value is -2.45. The second-order valence-corrected chi connectivity index (χ2v) is 8.38. The van der Waals surface area contributed by atoms with Crippen LogP contribution < -0.4 is 10.6 Å². The molecule has 0 radical (unpaired) electrons. The van der Waals surface area contributed by atoms with Gasteiger partial charge in [0.1, 0.15) is 0 Å².